The number of benzene rings is 1. The van der Waals surface area contributed by atoms with Crippen molar-refractivity contribution in [1.29, 1.82) is 0 Å². The van der Waals surface area contributed by atoms with Gasteiger partial charge in [-0.1, -0.05) is 24.6 Å². The second-order valence-corrected chi connectivity index (χ2v) is 4.23. The zero-order chi connectivity index (χ0) is 14.5. The lowest BCUT2D eigenvalue weighted by Gasteiger charge is -2.10. The van der Waals surface area contributed by atoms with E-state index in [1.807, 2.05) is 0 Å². The summed E-state index contributed by atoms with van der Waals surface area (Å²) >= 11 is 6.08. The first-order valence-corrected chi connectivity index (χ1v) is 6.20. The number of H-pyrrole nitrogens is 1. The zero-order valence-corrected chi connectivity index (χ0v) is 11.3. The number of tetrazole rings is 1. The minimum absolute atomic E-state index is 0.0000463. The van der Waals surface area contributed by atoms with Gasteiger partial charge in [-0.2, -0.15) is 4.68 Å². The summed E-state index contributed by atoms with van der Waals surface area (Å²) in [6.07, 6.45) is 0.304. The van der Waals surface area contributed by atoms with E-state index in [0.717, 1.165) is 4.68 Å². The normalized spacial score (nSPS) is 10.5. The number of carbonyl (C=O) groups is 1. The van der Waals surface area contributed by atoms with Crippen LogP contribution in [0.5, 0.6) is 0 Å². The molecule has 0 aliphatic heterocycles. The molecule has 0 spiro atoms. The van der Waals surface area contributed by atoms with Crippen molar-refractivity contribution in [3.63, 3.8) is 0 Å². The fourth-order valence-corrected chi connectivity index (χ4v) is 1.73. The summed E-state index contributed by atoms with van der Waals surface area (Å²) in [6, 6.07) is 4.97. The third-order valence-electron chi connectivity index (χ3n) is 2.52. The van der Waals surface area contributed by atoms with Gasteiger partial charge in [-0.05, 0) is 22.6 Å². The van der Waals surface area contributed by atoms with Gasteiger partial charge in [-0.15, -0.1) is 0 Å². The van der Waals surface area contributed by atoms with Crippen LogP contribution >= 0.6 is 11.6 Å². The molecule has 0 fully saturated rings. The summed E-state index contributed by atoms with van der Waals surface area (Å²) in [6.45, 7) is 1.70. The Balaban J connectivity index is 2.26. The predicted molar refractivity (Wildman–Crippen MR) is 70.2 cm³/mol. The second kappa shape index (κ2) is 6.31. The Morgan fingerprint density at radius 1 is 1.55 bits per heavy atom. The molecule has 0 radical (unpaired) electrons. The van der Waals surface area contributed by atoms with E-state index in [1.165, 1.54) is 0 Å². The van der Waals surface area contributed by atoms with Gasteiger partial charge in [-0.25, -0.2) is 15.4 Å². The van der Waals surface area contributed by atoms with Gasteiger partial charge in [-0.3, -0.25) is 9.63 Å². The first kappa shape index (κ1) is 14.2. The molecule has 0 unspecified atom stereocenters. The number of aromatic amines is 1. The van der Waals surface area contributed by atoms with E-state index in [4.69, 9.17) is 16.4 Å². The maximum atomic E-state index is 11.5. The van der Waals surface area contributed by atoms with Gasteiger partial charge >= 0.3 is 5.69 Å². The van der Waals surface area contributed by atoms with E-state index in [9.17, 15) is 9.59 Å². The molecule has 8 nitrogen and oxygen atoms in total. The van der Waals surface area contributed by atoms with E-state index < -0.39 is 5.69 Å². The van der Waals surface area contributed by atoms with Crippen LogP contribution in [0.1, 0.15) is 18.9 Å². The molecule has 106 valence electrons. The molecule has 1 heterocycles. The lowest BCUT2D eigenvalue weighted by atomic mass is 10.2. The van der Waals surface area contributed by atoms with Crippen LogP contribution in [0.15, 0.2) is 23.0 Å². The summed E-state index contributed by atoms with van der Waals surface area (Å²) < 4.78 is 1.06. The van der Waals surface area contributed by atoms with Crippen molar-refractivity contribution < 1.29 is 9.63 Å². The third kappa shape index (κ3) is 3.03. The van der Waals surface area contributed by atoms with Crippen molar-refractivity contribution >= 4 is 17.5 Å². The molecular weight excluding hydrogens is 286 g/mol. The molecule has 0 aliphatic rings. The van der Waals surface area contributed by atoms with Gasteiger partial charge in [0, 0.05) is 17.0 Å². The van der Waals surface area contributed by atoms with Crippen molar-refractivity contribution in [2.75, 3.05) is 0 Å². The van der Waals surface area contributed by atoms with Crippen LogP contribution < -0.4 is 11.2 Å². The van der Waals surface area contributed by atoms with Crippen LogP contribution in [-0.2, 0) is 16.2 Å². The van der Waals surface area contributed by atoms with Gasteiger partial charge in [0.2, 0.25) is 5.91 Å². The van der Waals surface area contributed by atoms with Crippen LogP contribution in [0.3, 0.4) is 0 Å². The summed E-state index contributed by atoms with van der Waals surface area (Å²) in [5, 5.41) is 9.64. The predicted octanol–water partition coefficient (Wildman–Crippen LogP) is 0.567. The van der Waals surface area contributed by atoms with Crippen LogP contribution in [0.2, 0.25) is 5.02 Å². The number of hydroxylamine groups is 1. The first-order chi connectivity index (χ1) is 9.63. The molecule has 0 aliphatic carbocycles. The van der Waals surface area contributed by atoms with Crippen LogP contribution in [-0.4, -0.2) is 26.1 Å². The Labute approximate surface area is 118 Å². The largest absolute Gasteiger partial charge is 0.365 e. The topological polar surface area (TPSA) is 102 Å². The molecule has 0 saturated carbocycles. The summed E-state index contributed by atoms with van der Waals surface area (Å²) in [7, 11) is 0. The van der Waals surface area contributed by atoms with Gasteiger partial charge in [0.15, 0.2) is 0 Å². The van der Waals surface area contributed by atoms with Crippen LogP contribution in [0.4, 0.5) is 0 Å². The highest BCUT2D eigenvalue weighted by Crippen LogP contribution is 2.22. The highest BCUT2D eigenvalue weighted by Gasteiger charge is 2.13. The lowest BCUT2D eigenvalue weighted by Crippen LogP contribution is -2.23. The van der Waals surface area contributed by atoms with Crippen molar-refractivity contribution in [2.24, 2.45) is 0 Å². The Bertz CT molecular complexity index is 666. The summed E-state index contributed by atoms with van der Waals surface area (Å²) in [5.74, 6) is -0.253. The zero-order valence-electron chi connectivity index (χ0n) is 10.6. The summed E-state index contributed by atoms with van der Waals surface area (Å²) in [4.78, 5) is 27.7. The van der Waals surface area contributed by atoms with Crippen molar-refractivity contribution in [1.82, 2.24) is 25.7 Å². The molecule has 9 heteroatoms. The van der Waals surface area contributed by atoms with Gasteiger partial charge in [0.25, 0.3) is 0 Å². The molecule has 2 rings (SSSR count). The SMILES string of the molecule is CCC(=O)NOCc1c(Cl)cccc1-n1nn[nH]c1=O. The first-order valence-electron chi connectivity index (χ1n) is 5.82. The number of nitrogens with one attached hydrogen (secondary N) is 2. The summed E-state index contributed by atoms with van der Waals surface area (Å²) in [5.41, 5.74) is 2.72. The molecule has 20 heavy (non-hydrogen) atoms. The number of hydrogen-bond acceptors (Lipinski definition) is 5. The number of rotatable bonds is 5. The highest BCUT2D eigenvalue weighted by atomic mass is 35.5. The monoisotopic (exact) mass is 297 g/mol. The van der Waals surface area contributed by atoms with Gasteiger partial charge in [0.1, 0.15) is 6.61 Å². The van der Waals surface area contributed by atoms with E-state index in [2.05, 4.69) is 21.0 Å². The molecule has 1 aromatic heterocycles. The maximum absolute atomic E-state index is 11.5. The molecule has 2 N–H and O–H groups in total. The van der Waals surface area contributed by atoms with Crippen molar-refractivity contribution in [2.45, 2.75) is 20.0 Å². The highest BCUT2D eigenvalue weighted by molar-refractivity contribution is 6.31. The fraction of sp³-hybridized carbons (Fsp3) is 0.273. The minimum atomic E-state index is -0.494. The molecule has 0 atom stereocenters. The van der Waals surface area contributed by atoms with Crippen molar-refractivity contribution in [3.05, 3.63) is 39.3 Å². The minimum Gasteiger partial charge on any atom is -0.273 e. The Morgan fingerprint density at radius 3 is 3.00 bits per heavy atom. The van der Waals surface area contributed by atoms with Gasteiger partial charge < -0.3 is 0 Å². The Kier molecular flexibility index (Phi) is 4.49. The van der Waals surface area contributed by atoms with Crippen LogP contribution in [0, 0.1) is 0 Å². The molecule has 0 saturated heterocycles. The van der Waals surface area contributed by atoms with E-state index in [1.54, 1.807) is 25.1 Å². The quantitative estimate of drug-likeness (QED) is 0.785. The number of amides is 1. The molecule has 0 bridgehead atoms. The number of carbonyl (C=O) groups excluding carboxylic acids is 1. The smallest absolute Gasteiger partial charge is 0.273 e. The molecular formula is C11H12ClN5O3. The van der Waals surface area contributed by atoms with E-state index in [0.29, 0.717) is 22.7 Å². The lowest BCUT2D eigenvalue weighted by molar-refractivity contribution is -0.134. The number of aromatic nitrogens is 4. The number of nitrogens with zero attached hydrogens (tertiary/aromatic N) is 3. The van der Waals surface area contributed by atoms with Gasteiger partial charge in [0.05, 0.1) is 5.69 Å². The molecule has 2 aromatic rings. The Morgan fingerprint density at radius 2 is 2.35 bits per heavy atom. The third-order valence-corrected chi connectivity index (χ3v) is 2.87. The average molecular weight is 298 g/mol. The van der Waals surface area contributed by atoms with Crippen LogP contribution in [0.25, 0.3) is 5.69 Å². The fourth-order valence-electron chi connectivity index (χ4n) is 1.50. The second-order valence-electron chi connectivity index (χ2n) is 3.82. The van der Waals surface area contributed by atoms with E-state index in [-0.39, 0.29) is 12.5 Å². The standard InChI is InChI=1S/C11H12ClN5O3/c1-2-10(18)14-20-6-7-8(12)4-3-5-9(7)17-11(19)13-15-16-17/h3-5H,2,6H2,1H3,(H,14,18)(H,13,16,19). The number of halogens is 1. The van der Waals surface area contributed by atoms with Crippen molar-refractivity contribution in [3.8, 4) is 5.69 Å². The maximum Gasteiger partial charge on any atom is 0.365 e. The molecule has 1 amide bonds. The average Bonchev–Trinajstić information content (AvgIpc) is 2.86. The molecule has 1 aromatic carbocycles. The number of hydrogen-bond donors (Lipinski definition) is 2. The van der Waals surface area contributed by atoms with E-state index >= 15 is 0 Å². The Hall–Kier alpha value is -2.19.